The molecule has 0 amide bonds. The van der Waals surface area contributed by atoms with E-state index in [-0.39, 0.29) is 13.2 Å². The maximum absolute atomic E-state index is 9.34. The van der Waals surface area contributed by atoms with Gasteiger partial charge in [0.05, 0.1) is 13.7 Å². The first-order valence-electron chi connectivity index (χ1n) is 6.86. The number of nitrogens with one attached hydrogen (secondary N) is 1. The highest BCUT2D eigenvalue weighted by molar-refractivity contribution is 5.40. The molecule has 0 aromatic heterocycles. The van der Waals surface area contributed by atoms with E-state index < -0.39 is 6.10 Å². The van der Waals surface area contributed by atoms with Crippen molar-refractivity contribution in [2.24, 2.45) is 5.92 Å². The Bertz CT molecular complexity index is 395. The Hall–Kier alpha value is -1.30. The Balaban J connectivity index is 2.70. The SMILES string of the molecule is COc1ccc(OCC(O)CO)c(CNCC(C)C)c1. The molecule has 20 heavy (non-hydrogen) atoms. The van der Waals surface area contributed by atoms with Crippen LogP contribution in [0, 0.1) is 5.92 Å². The van der Waals surface area contributed by atoms with Gasteiger partial charge in [-0.05, 0) is 30.7 Å². The minimum absolute atomic E-state index is 0.0695. The van der Waals surface area contributed by atoms with Gasteiger partial charge in [0, 0.05) is 12.1 Å². The van der Waals surface area contributed by atoms with E-state index in [4.69, 9.17) is 14.6 Å². The van der Waals surface area contributed by atoms with Gasteiger partial charge in [-0.25, -0.2) is 0 Å². The molecular formula is C15H25NO4. The van der Waals surface area contributed by atoms with Crippen LogP contribution in [0.2, 0.25) is 0 Å². The Morgan fingerprint density at radius 3 is 2.65 bits per heavy atom. The third kappa shape index (κ3) is 5.77. The molecule has 0 aliphatic rings. The van der Waals surface area contributed by atoms with Gasteiger partial charge in [0.25, 0.3) is 0 Å². The van der Waals surface area contributed by atoms with Crippen molar-refractivity contribution in [1.82, 2.24) is 5.32 Å². The molecule has 1 atom stereocenters. The predicted molar refractivity (Wildman–Crippen MR) is 78.1 cm³/mol. The number of hydrogen-bond donors (Lipinski definition) is 3. The lowest BCUT2D eigenvalue weighted by molar-refractivity contribution is 0.0532. The number of ether oxygens (including phenoxy) is 2. The predicted octanol–water partition coefficient (Wildman–Crippen LogP) is 1.17. The van der Waals surface area contributed by atoms with Crippen molar-refractivity contribution >= 4 is 0 Å². The second-order valence-corrected chi connectivity index (χ2v) is 5.15. The van der Waals surface area contributed by atoms with Gasteiger partial charge in [-0.15, -0.1) is 0 Å². The molecule has 114 valence electrons. The van der Waals surface area contributed by atoms with Crippen molar-refractivity contribution in [3.05, 3.63) is 23.8 Å². The van der Waals surface area contributed by atoms with E-state index in [1.165, 1.54) is 0 Å². The highest BCUT2D eigenvalue weighted by Crippen LogP contribution is 2.24. The zero-order valence-electron chi connectivity index (χ0n) is 12.4. The molecule has 0 radical (unpaired) electrons. The Labute approximate surface area is 120 Å². The van der Waals surface area contributed by atoms with E-state index in [0.29, 0.717) is 18.2 Å². The molecule has 5 nitrogen and oxygen atoms in total. The molecule has 1 aromatic rings. The normalized spacial score (nSPS) is 12.5. The average Bonchev–Trinajstić information content (AvgIpc) is 2.44. The van der Waals surface area contributed by atoms with Crippen LogP contribution in [0.25, 0.3) is 0 Å². The summed E-state index contributed by atoms with van der Waals surface area (Å²) in [6, 6.07) is 5.54. The first kappa shape index (κ1) is 16.8. The van der Waals surface area contributed by atoms with Crippen molar-refractivity contribution < 1.29 is 19.7 Å². The van der Waals surface area contributed by atoms with Crippen molar-refractivity contribution in [3.8, 4) is 11.5 Å². The zero-order valence-corrected chi connectivity index (χ0v) is 12.4. The van der Waals surface area contributed by atoms with Gasteiger partial charge in [0.1, 0.15) is 24.2 Å². The molecule has 0 bridgehead atoms. The molecule has 5 heteroatoms. The van der Waals surface area contributed by atoms with Crippen LogP contribution in [0.4, 0.5) is 0 Å². The zero-order chi connectivity index (χ0) is 15.0. The number of hydrogen-bond acceptors (Lipinski definition) is 5. The quantitative estimate of drug-likeness (QED) is 0.634. The van der Waals surface area contributed by atoms with Gasteiger partial charge in [-0.1, -0.05) is 13.8 Å². The van der Waals surface area contributed by atoms with Crippen LogP contribution in [0.1, 0.15) is 19.4 Å². The molecule has 1 aromatic carbocycles. The molecule has 0 saturated carbocycles. The molecular weight excluding hydrogens is 258 g/mol. The summed E-state index contributed by atoms with van der Waals surface area (Å²) in [6.45, 7) is 5.63. The molecule has 3 N–H and O–H groups in total. The standard InChI is InChI=1S/C15H25NO4/c1-11(2)7-16-8-12-6-14(19-3)4-5-15(12)20-10-13(18)9-17/h4-6,11,13,16-18H,7-10H2,1-3H3. The van der Waals surface area contributed by atoms with Crippen molar-refractivity contribution in [3.63, 3.8) is 0 Å². The second kappa shape index (κ2) is 8.79. The van der Waals surface area contributed by atoms with E-state index in [9.17, 15) is 5.11 Å². The van der Waals surface area contributed by atoms with Gasteiger partial charge in [0.15, 0.2) is 0 Å². The molecule has 0 saturated heterocycles. The monoisotopic (exact) mass is 283 g/mol. The summed E-state index contributed by atoms with van der Waals surface area (Å²) < 4.78 is 10.8. The molecule has 1 unspecified atom stereocenters. The number of methoxy groups -OCH3 is 1. The molecule has 0 aliphatic carbocycles. The first-order chi connectivity index (χ1) is 9.56. The molecule has 0 heterocycles. The van der Waals surface area contributed by atoms with Crippen molar-refractivity contribution in [1.29, 1.82) is 0 Å². The topological polar surface area (TPSA) is 71.0 Å². The Kier molecular flexibility index (Phi) is 7.36. The van der Waals surface area contributed by atoms with E-state index in [0.717, 1.165) is 17.9 Å². The molecule has 0 aliphatic heterocycles. The van der Waals surface area contributed by atoms with E-state index >= 15 is 0 Å². The summed E-state index contributed by atoms with van der Waals surface area (Å²) >= 11 is 0. The minimum Gasteiger partial charge on any atom is -0.497 e. The lowest BCUT2D eigenvalue weighted by Gasteiger charge is -2.15. The van der Waals surface area contributed by atoms with Crippen LogP contribution in [0.15, 0.2) is 18.2 Å². The smallest absolute Gasteiger partial charge is 0.124 e. The highest BCUT2D eigenvalue weighted by Gasteiger charge is 2.09. The summed E-state index contributed by atoms with van der Waals surface area (Å²) in [7, 11) is 1.62. The second-order valence-electron chi connectivity index (χ2n) is 5.15. The van der Waals surface area contributed by atoms with Crippen LogP contribution in [-0.4, -0.2) is 43.2 Å². The molecule has 0 fully saturated rings. The summed E-state index contributed by atoms with van der Waals surface area (Å²) in [5.74, 6) is 2.03. The third-order valence-corrected chi connectivity index (χ3v) is 2.78. The van der Waals surface area contributed by atoms with Crippen LogP contribution in [-0.2, 0) is 6.54 Å². The lowest BCUT2D eigenvalue weighted by atomic mass is 10.1. The van der Waals surface area contributed by atoms with Gasteiger partial charge >= 0.3 is 0 Å². The van der Waals surface area contributed by atoms with Crippen molar-refractivity contribution in [2.45, 2.75) is 26.5 Å². The average molecular weight is 283 g/mol. The van der Waals surface area contributed by atoms with Crippen LogP contribution in [0.3, 0.4) is 0 Å². The van der Waals surface area contributed by atoms with Crippen molar-refractivity contribution in [2.75, 3.05) is 26.9 Å². The summed E-state index contributed by atoms with van der Waals surface area (Å²) in [5.41, 5.74) is 0.968. The lowest BCUT2D eigenvalue weighted by Crippen LogP contribution is -2.23. The third-order valence-electron chi connectivity index (χ3n) is 2.78. The minimum atomic E-state index is -0.867. The number of aliphatic hydroxyl groups excluding tert-OH is 2. The van der Waals surface area contributed by atoms with Crippen LogP contribution in [0.5, 0.6) is 11.5 Å². The van der Waals surface area contributed by atoms with Gasteiger partial charge < -0.3 is 25.0 Å². The van der Waals surface area contributed by atoms with Gasteiger partial charge in [-0.2, -0.15) is 0 Å². The fourth-order valence-corrected chi connectivity index (χ4v) is 1.70. The summed E-state index contributed by atoms with van der Waals surface area (Å²) in [6.07, 6.45) is -0.867. The van der Waals surface area contributed by atoms with E-state index in [2.05, 4.69) is 19.2 Å². The van der Waals surface area contributed by atoms with Crippen LogP contribution < -0.4 is 14.8 Å². The van der Waals surface area contributed by atoms with E-state index in [1.807, 2.05) is 18.2 Å². The van der Waals surface area contributed by atoms with Crippen LogP contribution >= 0.6 is 0 Å². The first-order valence-corrected chi connectivity index (χ1v) is 6.86. The largest absolute Gasteiger partial charge is 0.497 e. The number of rotatable bonds is 9. The van der Waals surface area contributed by atoms with E-state index in [1.54, 1.807) is 7.11 Å². The fraction of sp³-hybridized carbons (Fsp3) is 0.600. The maximum atomic E-state index is 9.34. The fourth-order valence-electron chi connectivity index (χ4n) is 1.70. The number of benzene rings is 1. The summed E-state index contributed by atoms with van der Waals surface area (Å²) in [4.78, 5) is 0. The summed E-state index contributed by atoms with van der Waals surface area (Å²) in [5, 5.41) is 21.5. The highest BCUT2D eigenvalue weighted by atomic mass is 16.5. The Morgan fingerprint density at radius 2 is 2.05 bits per heavy atom. The Morgan fingerprint density at radius 1 is 1.30 bits per heavy atom. The maximum Gasteiger partial charge on any atom is 0.124 e. The van der Waals surface area contributed by atoms with Gasteiger partial charge in [0.2, 0.25) is 0 Å². The molecule has 1 rings (SSSR count). The van der Waals surface area contributed by atoms with Gasteiger partial charge in [-0.3, -0.25) is 0 Å². The molecule has 0 spiro atoms. The number of aliphatic hydroxyl groups is 2.